The van der Waals surface area contributed by atoms with E-state index in [0.29, 0.717) is 21.7 Å². The number of aromatic nitrogens is 1. The summed E-state index contributed by atoms with van der Waals surface area (Å²) >= 11 is 1.41. The van der Waals surface area contributed by atoms with Crippen LogP contribution < -0.4 is 10.6 Å². The number of rotatable bonds is 6. The van der Waals surface area contributed by atoms with Crippen LogP contribution in [0.5, 0.6) is 0 Å². The quantitative estimate of drug-likeness (QED) is 0.503. The Kier molecular flexibility index (Phi) is 6.36. The zero-order valence-corrected chi connectivity index (χ0v) is 16.5. The Labute approximate surface area is 166 Å². The van der Waals surface area contributed by atoms with E-state index in [0.717, 1.165) is 24.3 Å². The summed E-state index contributed by atoms with van der Waals surface area (Å²) in [5.41, 5.74) is 1.68. The smallest absolute Gasteiger partial charge is 0.305 e. The second-order valence-electron chi connectivity index (χ2n) is 6.46. The molecule has 7 heteroatoms. The maximum absolute atomic E-state index is 14.4. The van der Waals surface area contributed by atoms with Gasteiger partial charge in [0.15, 0.2) is 0 Å². The van der Waals surface area contributed by atoms with Gasteiger partial charge in [-0.2, -0.15) is 0 Å². The third-order valence-corrected chi connectivity index (χ3v) is 5.23. The lowest BCUT2D eigenvalue weighted by molar-refractivity contribution is 0.262. The number of halogens is 2. The van der Waals surface area contributed by atoms with Crippen LogP contribution in [0.2, 0.25) is 0 Å². The van der Waals surface area contributed by atoms with E-state index < -0.39 is 11.8 Å². The minimum atomic E-state index is -0.596. The van der Waals surface area contributed by atoms with Crippen LogP contribution in [-0.2, 0) is 6.42 Å². The van der Waals surface area contributed by atoms with E-state index >= 15 is 0 Å². The fourth-order valence-corrected chi connectivity index (χ4v) is 3.50. The summed E-state index contributed by atoms with van der Waals surface area (Å²) in [5.74, 6) is -0.941. The molecule has 28 heavy (non-hydrogen) atoms. The Hall–Kier alpha value is -2.80. The lowest BCUT2D eigenvalue weighted by Gasteiger charge is -2.09. The third-order valence-electron chi connectivity index (χ3n) is 4.26. The molecule has 0 bridgehead atoms. The van der Waals surface area contributed by atoms with Gasteiger partial charge in [-0.15, -0.1) is 11.3 Å². The van der Waals surface area contributed by atoms with Crippen LogP contribution >= 0.6 is 11.3 Å². The fourth-order valence-electron chi connectivity index (χ4n) is 2.65. The van der Waals surface area contributed by atoms with Gasteiger partial charge in [0.2, 0.25) is 0 Å². The van der Waals surface area contributed by atoms with Crippen molar-refractivity contribution in [1.82, 2.24) is 4.98 Å². The fraction of sp³-hybridized carbons (Fsp3) is 0.238. The molecule has 2 N–H and O–H groups in total. The summed E-state index contributed by atoms with van der Waals surface area (Å²) in [4.78, 5) is 16.4. The number of thiazole rings is 1. The van der Waals surface area contributed by atoms with Crippen LogP contribution in [0.15, 0.2) is 42.6 Å². The Morgan fingerprint density at radius 3 is 2.46 bits per heavy atom. The van der Waals surface area contributed by atoms with Gasteiger partial charge in [-0.3, -0.25) is 5.32 Å². The van der Waals surface area contributed by atoms with E-state index in [-0.39, 0.29) is 11.5 Å². The van der Waals surface area contributed by atoms with E-state index in [1.54, 1.807) is 31.3 Å². The summed E-state index contributed by atoms with van der Waals surface area (Å²) < 4.78 is 28.1. The SMILES string of the molecule is CCCCc1ncc(NC(=O)Nc2ccc(-c3ccc(C)c(F)c3)cc2F)s1. The van der Waals surface area contributed by atoms with Gasteiger partial charge in [0, 0.05) is 0 Å². The number of carbonyl (C=O) groups excluding carboxylic acids is 1. The van der Waals surface area contributed by atoms with Crippen molar-refractivity contribution >= 4 is 28.1 Å². The Bertz CT molecular complexity index is 988. The molecule has 1 aromatic heterocycles. The largest absolute Gasteiger partial charge is 0.324 e. The van der Waals surface area contributed by atoms with Gasteiger partial charge in [-0.25, -0.2) is 18.6 Å². The number of nitrogens with one attached hydrogen (secondary N) is 2. The minimum absolute atomic E-state index is 0.0459. The van der Waals surface area contributed by atoms with E-state index in [2.05, 4.69) is 22.5 Å². The monoisotopic (exact) mass is 401 g/mol. The molecule has 146 valence electrons. The molecule has 0 aliphatic carbocycles. The van der Waals surface area contributed by atoms with Crippen molar-refractivity contribution in [1.29, 1.82) is 0 Å². The van der Waals surface area contributed by atoms with Crippen molar-refractivity contribution in [2.75, 3.05) is 10.6 Å². The van der Waals surface area contributed by atoms with Crippen molar-refractivity contribution in [2.24, 2.45) is 0 Å². The first kappa shape index (κ1) is 19.9. The summed E-state index contributed by atoms with van der Waals surface area (Å²) in [5, 5.41) is 6.72. The Morgan fingerprint density at radius 1 is 1.07 bits per heavy atom. The predicted octanol–water partition coefficient (Wildman–Crippen LogP) is 6.38. The van der Waals surface area contributed by atoms with Crippen molar-refractivity contribution in [3.8, 4) is 11.1 Å². The van der Waals surface area contributed by atoms with Gasteiger partial charge in [0.25, 0.3) is 0 Å². The molecule has 4 nitrogen and oxygen atoms in total. The molecule has 0 atom stereocenters. The van der Waals surface area contributed by atoms with Crippen LogP contribution in [0.25, 0.3) is 11.1 Å². The Morgan fingerprint density at radius 2 is 1.79 bits per heavy atom. The molecule has 1 heterocycles. The molecule has 0 aliphatic heterocycles. The topological polar surface area (TPSA) is 54.0 Å². The van der Waals surface area contributed by atoms with Gasteiger partial charge in [-0.05, 0) is 54.7 Å². The molecular formula is C21H21F2N3OS. The van der Waals surface area contributed by atoms with Crippen LogP contribution in [-0.4, -0.2) is 11.0 Å². The molecule has 3 rings (SSSR count). The van der Waals surface area contributed by atoms with Crippen LogP contribution in [0.1, 0.15) is 30.3 Å². The zero-order valence-electron chi connectivity index (χ0n) is 15.7. The van der Waals surface area contributed by atoms with Crippen LogP contribution in [0.3, 0.4) is 0 Å². The van der Waals surface area contributed by atoms with Gasteiger partial charge in [0.05, 0.1) is 16.9 Å². The number of nitrogens with zero attached hydrogens (tertiary/aromatic N) is 1. The molecule has 0 saturated heterocycles. The average molecular weight is 401 g/mol. The first-order valence-corrected chi connectivity index (χ1v) is 9.86. The van der Waals surface area contributed by atoms with Gasteiger partial charge in [0.1, 0.15) is 16.6 Å². The first-order valence-electron chi connectivity index (χ1n) is 9.05. The van der Waals surface area contributed by atoms with Gasteiger partial charge >= 0.3 is 6.03 Å². The normalized spacial score (nSPS) is 10.7. The molecule has 2 amide bonds. The Balaban J connectivity index is 1.66. The molecule has 0 fully saturated rings. The van der Waals surface area contributed by atoms with E-state index in [4.69, 9.17) is 0 Å². The summed E-state index contributed by atoms with van der Waals surface area (Å²) in [6, 6.07) is 8.57. The number of anilines is 2. The highest BCUT2D eigenvalue weighted by atomic mass is 32.1. The highest BCUT2D eigenvalue weighted by Gasteiger charge is 2.11. The lowest BCUT2D eigenvalue weighted by Crippen LogP contribution is -2.19. The van der Waals surface area contributed by atoms with Gasteiger partial charge in [-0.1, -0.05) is 31.5 Å². The van der Waals surface area contributed by atoms with Crippen LogP contribution in [0.4, 0.5) is 24.3 Å². The number of carbonyl (C=O) groups is 1. The highest BCUT2D eigenvalue weighted by Crippen LogP contribution is 2.26. The second-order valence-corrected chi connectivity index (χ2v) is 7.57. The number of benzene rings is 2. The van der Waals surface area contributed by atoms with Crippen molar-refractivity contribution in [3.05, 3.63) is 64.8 Å². The average Bonchev–Trinajstić information content (AvgIpc) is 3.11. The minimum Gasteiger partial charge on any atom is -0.305 e. The molecule has 0 aliphatic rings. The van der Waals surface area contributed by atoms with Crippen molar-refractivity contribution in [2.45, 2.75) is 33.1 Å². The first-order chi connectivity index (χ1) is 13.5. The zero-order chi connectivity index (χ0) is 20.1. The molecule has 2 aromatic carbocycles. The van der Waals surface area contributed by atoms with E-state index in [9.17, 15) is 13.6 Å². The van der Waals surface area contributed by atoms with E-state index in [1.807, 2.05) is 0 Å². The van der Waals surface area contributed by atoms with Gasteiger partial charge < -0.3 is 5.32 Å². The maximum atomic E-state index is 14.4. The molecule has 0 unspecified atom stereocenters. The number of aryl methyl sites for hydroxylation is 2. The molecule has 0 saturated carbocycles. The number of unbranched alkanes of at least 4 members (excludes halogenated alkanes) is 1. The molecular weight excluding hydrogens is 380 g/mol. The summed E-state index contributed by atoms with van der Waals surface area (Å²) in [6.45, 7) is 3.77. The number of hydrogen-bond donors (Lipinski definition) is 2. The third kappa shape index (κ3) is 4.92. The molecule has 0 radical (unpaired) electrons. The summed E-state index contributed by atoms with van der Waals surface area (Å²) in [6.07, 6.45) is 4.59. The highest BCUT2D eigenvalue weighted by molar-refractivity contribution is 7.15. The number of urea groups is 1. The second kappa shape index (κ2) is 8.93. The number of hydrogen-bond acceptors (Lipinski definition) is 3. The van der Waals surface area contributed by atoms with Crippen LogP contribution in [0, 0.1) is 18.6 Å². The summed E-state index contributed by atoms with van der Waals surface area (Å²) in [7, 11) is 0. The molecule has 0 spiro atoms. The van der Waals surface area contributed by atoms with E-state index in [1.165, 1.54) is 29.5 Å². The standard InChI is InChI=1S/C21H21F2N3OS/c1-3-4-5-19-24-12-20(28-19)26-21(27)25-18-9-8-15(11-17(18)23)14-7-6-13(2)16(22)10-14/h6-12H,3-5H2,1-2H3,(H2,25,26,27). The molecule has 3 aromatic rings. The predicted molar refractivity (Wildman–Crippen MR) is 110 cm³/mol. The van der Waals surface area contributed by atoms with Crippen molar-refractivity contribution < 1.29 is 13.6 Å². The number of amides is 2. The maximum Gasteiger partial charge on any atom is 0.324 e. The lowest BCUT2D eigenvalue weighted by atomic mass is 10.0. The van der Waals surface area contributed by atoms with Crippen molar-refractivity contribution in [3.63, 3.8) is 0 Å².